The molecule has 1 aromatic rings. The molecule has 0 aliphatic carbocycles. The molecule has 0 saturated carbocycles. The Morgan fingerprint density at radius 2 is 1.94 bits per heavy atom. The highest BCUT2D eigenvalue weighted by molar-refractivity contribution is 5.80. The van der Waals surface area contributed by atoms with Crippen LogP contribution < -0.4 is 5.32 Å². The summed E-state index contributed by atoms with van der Waals surface area (Å²) in [6.45, 7) is 5.97. The van der Waals surface area contributed by atoms with Gasteiger partial charge in [0.25, 0.3) is 0 Å². The minimum atomic E-state index is -0.626. The number of benzene rings is 1. The zero-order valence-electron chi connectivity index (χ0n) is 11.7. The van der Waals surface area contributed by atoms with E-state index in [1.165, 1.54) is 12.7 Å². The summed E-state index contributed by atoms with van der Waals surface area (Å²) in [4.78, 5) is 11.9. The second kappa shape index (κ2) is 6.55. The Morgan fingerprint density at radius 3 is 2.44 bits per heavy atom. The molecule has 3 heteroatoms. The SMILES string of the molecule is COC(=O)C(C)(CCc1ccccc1)NC(C)C. The molecular weight excluding hydrogens is 226 g/mol. The molecule has 3 nitrogen and oxygen atoms in total. The first-order chi connectivity index (χ1) is 8.48. The molecule has 1 atom stereocenters. The fraction of sp³-hybridized carbons (Fsp3) is 0.533. The van der Waals surface area contributed by atoms with Crippen molar-refractivity contribution in [1.29, 1.82) is 0 Å². The number of aryl methyl sites for hydroxylation is 1. The van der Waals surface area contributed by atoms with Crippen LogP contribution in [0.3, 0.4) is 0 Å². The van der Waals surface area contributed by atoms with Crippen molar-refractivity contribution in [2.45, 2.75) is 45.2 Å². The van der Waals surface area contributed by atoms with Crippen molar-refractivity contribution in [3.63, 3.8) is 0 Å². The number of carbonyl (C=O) groups excluding carboxylic acids is 1. The van der Waals surface area contributed by atoms with E-state index >= 15 is 0 Å². The molecule has 100 valence electrons. The number of rotatable bonds is 6. The van der Waals surface area contributed by atoms with Gasteiger partial charge in [-0.3, -0.25) is 10.1 Å². The van der Waals surface area contributed by atoms with Gasteiger partial charge < -0.3 is 4.74 Å². The Hall–Kier alpha value is -1.35. The lowest BCUT2D eigenvalue weighted by Crippen LogP contribution is -2.53. The van der Waals surface area contributed by atoms with Crippen molar-refractivity contribution in [2.24, 2.45) is 0 Å². The van der Waals surface area contributed by atoms with Gasteiger partial charge in [-0.2, -0.15) is 0 Å². The van der Waals surface area contributed by atoms with Crippen LogP contribution in [-0.4, -0.2) is 24.7 Å². The van der Waals surface area contributed by atoms with Crippen LogP contribution in [-0.2, 0) is 16.0 Å². The van der Waals surface area contributed by atoms with E-state index in [0.717, 1.165) is 12.8 Å². The predicted octanol–water partition coefficient (Wildman–Crippen LogP) is 2.55. The minimum absolute atomic E-state index is 0.202. The van der Waals surface area contributed by atoms with Crippen LogP contribution in [0.5, 0.6) is 0 Å². The van der Waals surface area contributed by atoms with E-state index in [1.54, 1.807) is 0 Å². The second-order valence-corrected chi connectivity index (χ2v) is 5.11. The Kier molecular flexibility index (Phi) is 5.35. The maximum atomic E-state index is 11.9. The number of hydrogen-bond donors (Lipinski definition) is 1. The molecule has 0 saturated heterocycles. The predicted molar refractivity (Wildman–Crippen MR) is 73.5 cm³/mol. The molecule has 0 aromatic heterocycles. The lowest BCUT2D eigenvalue weighted by molar-refractivity contribution is -0.148. The van der Waals surface area contributed by atoms with Gasteiger partial charge in [0.05, 0.1) is 7.11 Å². The molecule has 0 amide bonds. The number of nitrogens with one attached hydrogen (secondary N) is 1. The monoisotopic (exact) mass is 249 g/mol. The summed E-state index contributed by atoms with van der Waals surface area (Å²) >= 11 is 0. The summed E-state index contributed by atoms with van der Waals surface area (Å²) < 4.78 is 4.90. The van der Waals surface area contributed by atoms with Gasteiger partial charge in [-0.05, 0) is 39.2 Å². The van der Waals surface area contributed by atoms with E-state index in [0.29, 0.717) is 0 Å². The normalized spacial score (nSPS) is 14.3. The molecule has 1 rings (SSSR count). The largest absolute Gasteiger partial charge is 0.468 e. The minimum Gasteiger partial charge on any atom is -0.468 e. The highest BCUT2D eigenvalue weighted by Gasteiger charge is 2.34. The van der Waals surface area contributed by atoms with E-state index in [9.17, 15) is 4.79 Å². The summed E-state index contributed by atoms with van der Waals surface area (Å²) in [5.41, 5.74) is 0.608. The summed E-state index contributed by atoms with van der Waals surface area (Å²) in [6, 6.07) is 10.4. The third-order valence-corrected chi connectivity index (χ3v) is 3.00. The van der Waals surface area contributed by atoms with Crippen molar-refractivity contribution in [3.8, 4) is 0 Å². The summed E-state index contributed by atoms with van der Waals surface area (Å²) in [6.07, 6.45) is 1.58. The van der Waals surface area contributed by atoms with E-state index in [1.807, 2.05) is 39.0 Å². The highest BCUT2D eigenvalue weighted by atomic mass is 16.5. The van der Waals surface area contributed by atoms with Crippen molar-refractivity contribution < 1.29 is 9.53 Å². The van der Waals surface area contributed by atoms with Crippen LogP contribution in [0.1, 0.15) is 32.8 Å². The zero-order valence-corrected chi connectivity index (χ0v) is 11.7. The third kappa shape index (κ3) is 4.15. The molecule has 0 aliphatic rings. The van der Waals surface area contributed by atoms with Crippen molar-refractivity contribution in [1.82, 2.24) is 5.32 Å². The standard InChI is InChI=1S/C15H23NO2/c1-12(2)16-15(3,14(17)18-4)11-10-13-8-6-5-7-9-13/h5-9,12,16H,10-11H2,1-4H3. The molecule has 0 fully saturated rings. The molecular formula is C15H23NO2. The van der Waals surface area contributed by atoms with Gasteiger partial charge in [0.2, 0.25) is 0 Å². The van der Waals surface area contributed by atoms with Gasteiger partial charge in [0.1, 0.15) is 5.54 Å². The molecule has 0 bridgehead atoms. The Morgan fingerprint density at radius 1 is 1.33 bits per heavy atom. The molecule has 1 N–H and O–H groups in total. The third-order valence-electron chi connectivity index (χ3n) is 3.00. The molecule has 1 aromatic carbocycles. The summed E-state index contributed by atoms with van der Waals surface area (Å²) in [7, 11) is 1.44. The van der Waals surface area contributed by atoms with Crippen LogP contribution in [0, 0.1) is 0 Å². The van der Waals surface area contributed by atoms with Crippen molar-refractivity contribution >= 4 is 5.97 Å². The quantitative estimate of drug-likeness (QED) is 0.787. The Bertz CT molecular complexity index is 375. The van der Waals surface area contributed by atoms with Gasteiger partial charge in [0.15, 0.2) is 0 Å². The average Bonchev–Trinajstić information content (AvgIpc) is 2.36. The van der Waals surface area contributed by atoms with E-state index in [2.05, 4.69) is 17.4 Å². The average molecular weight is 249 g/mol. The first-order valence-corrected chi connectivity index (χ1v) is 6.38. The van der Waals surface area contributed by atoms with Crippen LogP contribution in [0.25, 0.3) is 0 Å². The first kappa shape index (κ1) is 14.7. The Balaban J connectivity index is 2.70. The zero-order chi connectivity index (χ0) is 13.6. The molecule has 18 heavy (non-hydrogen) atoms. The maximum Gasteiger partial charge on any atom is 0.325 e. The topological polar surface area (TPSA) is 38.3 Å². The fourth-order valence-electron chi connectivity index (χ4n) is 2.13. The van der Waals surface area contributed by atoms with Gasteiger partial charge in [-0.1, -0.05) is 30.3 Å². The number of ether oxygens (including phenoxy) is 1. The van der Waals surface area contributed by atoms with Gasteiger partial charge >= 0.3 is 5.97 Å². The van der Waals surface area contributed by atoms with E-state index in [4.69, 9.17) is 4.74 Å². The van der Waals surface area contributed by atoms with Gasteiger partial charge in [-0.15, -0.1) is 0 Å². The lowest BCUT2D eigenvalue weighted by Gasteiger charge is -2.30. The molecule has 1 unspecified atom stereocenters. The van der Waals surface area contributed by atoms with Crippen LogP contribution in [0.2, 0.25) is 0 Å². The molecule has 0 aliphatic heterocycles. The molecule has 0 heterocycles. The number of carbonyl (C=O) groups is 1. The molecule has 0 radical (unpaired) electrons. The first-order valence-electron chi connectivity index (χ1n) is 6.38. The fourth-order valence-corrected chi connectivity index (χ4v) is 2.13. The van der Waals surface area contributed by atoms with Crippen molar-refractivity contribution in [3.05, 3.63) is 35.9 Å². The van der Waals surface area contributed by atoms with Crippen molar-refractivity contribution in [2.75, 3.05) is 7.11 Å². The smallest absolute Gasteiger partial charge is 0.325 e. The lowest BCUT2D eigenvalue weighted by atomic mass is 9.92. The van der Waals surface area contributed by atoms with E-state index in [-0.39, 0.29) is 12.0 Å². The van der Waals surface area contributed by atoms with Gasteiger partial charge in [0, 0.05) is 6.04 Å². The maximum absolute atomic E-state index is 11.9. The highest BCUT2D eigenvalue weighted by Crippen LogP contribution is 2.17. The van der Waals surface area contributed by atoms with Crippen LogP contribution >= 0.6 is 0 Å². The molecule has 0 spiro atoms. The number of esters is 1. The Labute approximate surface area is 110 Å². The van der Waals surface area contributed by atoms with Crippen LogP contribution in [0.15, 0.2) is 30.3 Å². The van der Waals surface area contributed by atoms with Gasteiger partial charge in [-0.25, -0.2) is 0 Å². The summed E-state index contributed by atoms with van der Waals surface area (Å²) in [5.74, 6) is -0.202. The number of methoxy groups -OCH3 is 1. The summed E-state index contributed by atoms with van der Waals surface area (Å²) in [5, 5.41) is 3.30. The second-order valence-electron chi connectivity index (χ2n) is 5.11. The van der Waals surface area contributed by atoms with E-state index < -0.39 is 5.54 Å². The number of hydrogen-bond acceptors (Lipinski definition) is 3. The van der Waals surface area contributed by atoms with Crippen LogP contribution in [0.4, 0.5) is 0 Å².